The first-order chi connectivity index (χ1) is 13.1. The third kappa shape index (κ3) is 4.67. The minimum absolute atomic E-state index is 0.0759. The molecule has 1 aliphatic heterocycles. The predicted molar refractivity (Wildman–Crippen MR) is 101 cm³/mol. The molecule has 0 saturated carbocycles. The lowest BCUT2D eigenvalue weighted by molar-refractivity contribution is -0.132. The van der Waals surface area contributed by atoms with E-state index in [4.69, 9.17) is 14.2 Å². The number of rotatable bonds is 5. The third-order valence-corrected chi connectivity index (χ3v) is 4.14. The molecule has 140 valence electrons. The summed E-state index contributed by atoms with van der Waals surface area (Å²) in [5, 5.41) is 3.01. The van der Waals surface area contributed by atoms with Crippen LogP contribution < -0.4 is 19.5 Å². The van der Waals surface area contributed by atoms with Gasteiger partial charge in [0.1, 0.15) is 5.75 Å². The number of hydrogen-bond acceptors (Lipinski definition) is 5. The van der Waals surface area contributed by atoms with Gasteiger partial charge < -0.3 is 19.5 Å². The number of para-hydroxylation sites is 1. The number of carbonyl (C=O) groups is 2. The Balaban J connectivity index is 1.68. The van der Waals surface area contributed by atoms with Gasteiger partial charge in [-0.25, -0.2) is 0 Å². The number of nitrogens with one attached hydrogen (secondary N) is 1. The summed E-state index contributed by atoms with van der Waals surface area (Å²) in [6.45, 7) is 1.90. The Hall–Kier alpha value is -3.28. The Morgan fingerprint density at radius 3 is 2.78 bits per heavy atom. The second-order valence-electron chi connectivity index (χ2n) is 6.07. The van der Waals surface area contributed by atoms with Crippen LogP contribution in [-0.2, 0) is 9.59 Å². The molecule has 6 nitrogen and oxygen atoms in total. The molecule has 1 aliphatic rings. The Morgan fingerprint density at radius 1 is 1.19 bits per heavy atom. The molecule has 0 radical (unpaired) electrons. The maximum Gasteiger partial charge on any atom is 0.308 e. The Bertz CT molecular complexity index is 875. The molecule has 0 aromatic heterocycles. The molecule has 6 heteroatoms. The molecule has 1 N–H and O–H groups in total. The van der Waals surface area contributed by atoms with Crippen molar-refractivity contribution in [3.63, 3.8) is 0 Å². The molecule has 1 atom stereocenters. The van der Waals surface area contributed by atoms with E-state index in [0.717, 1.165) is 23.3 Å². The first-order valence-electron chi connectivity index (χ1n) is 8.63. The van der Waals surface area contributed by atoms with Crippen molar-refractivity contribution in [1.82, 2.24) is 5.32 Å². The summed E-state index contributed by atoms with van der Waals surface area (Å²) in [7, 11) is 1.49. The van der Waals surface area contributed by atoms with Crippen LogP contribution in [0.5, 0.6) is 17.2 Å². The van der Waals surface area contributed by atoms with E-state index in [1.54, 1.807) is 24.3 Å². The number of amides is 1. The summed E-state index contributed by atoms with van der Waals surface area (Å²) in [5.41, 5.74) is 1.74. The van der Waals surface area contributed by atoms with Crippen LogP contribution in [0.3, 0.4) is 0 Å². The van der Waals surface area contributed by atoms with E-state index >= 15 is 0 Å². The highest BCUT2D eigenvalue weighted by atomic mass is 16.6. The summed E-state index contributed by atoms with van der Waals surface area (Å²) in [6, 6.07) is 12.7. The van der Waals surface area contributed by atoms with Gasteiger partial charge in [0.05, 0.1) is 19.8 Å². The molecule has 2 aromatic rings. The van der Waals surface area contributed by atoms with Crippen LogP contribution in [-0.4, -0.2) is 25.6 Å². The van der Waals surface area contributed by atoms with E-state index in [1.165, 1.54) is 20.1 Å². The smallest absolute Gasteiger partial charge is 0.308 e. The van der Waals surface area contributed by atoms with E-state index in [-0.39, 0.29) is 11.9 Å². The standard InChI is InChI=1S/C21H21NO5/c1-14(23)27-19-9-7-15(13-20(19)25-2)8-10-21(24)22-17-11-12-26-18-6-4-3-5-16(17)18/h3-10,13,17H,11-12H2,1-2H3,(H,22,24)/b10-8+. The number of hydrogen-bond donors (Lipinski definition) is 1. The fraction of sp³-hybridized carbons (Fsp3) is 0.238. The fourth-order valence-corrected chi connectivity index (χ4v) is 2.91. The number of carbonyl (C=O) groups excluding carboxylic acids is 2. The molecule has 0 spiro atoms. The molecule has 1 unspecified atom stereocenters. The Morgan fingerprint density at radius 2 is 2.00 bits per heavy atom. The van der Waals surface area contributed by atoms with Crippen molar-refractivity contribution in [3.8, 4) is 17.2 Å². The van der Waals surface area contributed by atoms with Crippen LogP contribution in [0.25, 0.3) is 6.08 Å². The monoisotopic (exact) mass is 367 g/mol. The van der Waals surface area contributed by atoms with Gasteiger partial charge in [-0.1, -0.05) is 24.3 Å². The number of benzene rings is 2. The predicted octanol–water partition coefficient (Wildman–Crippen LogP) is 3.27. The van der Waals surface area contributed by atoms with Crippen molar-refractivity contribution in [2.75, 3.05) is 13.7 Å². The van der Waals surface area contributed by atoms with Crippen molar-refractivity contribution in [2.24, 2.45) is 0 Å². The highest BCUT2D eigenvalue weighted by molar-refractivity contribution is 5.92. The normalized spacial score (nSPS) is 15.6. The second-order valence-corrected chi connectivity index (χ2v) is 6.07. The number of fused-ring (bicyclic) bond motifs is 1. The summed E-state index contributed by atoms with van der Waals surface area (Å²) < 4.78 is 15.9. The lowest BCUT2D eigenvalue weighted by Crippen LogP contribution is -2.30. The lowest BCUT2D eigenvalue weighted by atomic mass is 10.0. The van der Waals surface area contributed by atoms with Gasteiger partial charge >= 0.3 is 5.97 Å². The van der Waals surface area contributed by atoms with Gasteiger partial charge in [0.2, 0.25) is 5.91 Å². The maximum absolute atomic E-state index is 12.3. The minimum Gasteiger partial charge on any atom is -0.493 e. The first kappa shape index (κ1) is 18.5. The molecule has 27 heavy (non-hydrogen) atoms. The quantitative estimate of drug-likeness (QED) is 0.499. The van der Waals surface area contributed by atoms with Crippen LogP contribution in [0, 0.1) is 0 Å². The zero-order valence-corrected chi connectivity index (χ0v) is 15.2. The number of ether oxygens (including phenoxy) is 3. The fourth-order valence-electron chi connectivity index (χ4n) is 2.91. The summed E-state index contributed by atoms with van der Waals surface area (Å²) in [6.07, 6.45) is 3.88. The Labute approximate surface area is 157 Å². The molecule has 3 rings (SSSR count). The molecule has 1 heterocycles. The van der Waals surface area contributed by atoms with E-state index < -0.39 is 5.97 Å². The average molecular weight is 367 g/mol. The zero-order chi connectivity index (χ0) is 19.2. The van der Waals surface area contributed by atoms with Crippen molar-refractivity contribution in [3.05, 3.63) is 59.7 Å². The average Bonchev–Trinajstić information content (AvgIpc) is 2.67. The largest absolute Gasteiger partial charge is 0.493 e. The van der Waals surface area contributed by atoms with Gasteiger partial charge in [-0.15, -0.1) is 0 Å². The first-order valence-corrected chi connectivity index (χ1v) is 8.63. The van der Waals surface area contributed by atoms with Crippen LogP contribution in [0.4, 0.5) is 0 Å². The van der Waals surface area contributed by atoms with Crippen LogP contribution in [0.1, 0.15) is 30.5 Å². The lowest BCUT2D eigenvalue weighted by Gasteiger charge is -2.26. The van der Waals surface area contributed by atoms with Crippen molar-refractivity contribution in [1.29, 1.82) is 0 Å². The van der Waals surface area contributed by atoms with E-state index in [9.17, 15) is 9.59 Å². The molecule has 0 aliphatic carbocycles. The minimum atomic E-state index is -0.423. The van der Waals surface area contributed by atoms with Gasteiger partial charge in [0.25, 0.3) is 0 Å². The molecule has 2 aromatic carbocycles. The van der Waals surface area contributed by atoms with Gasteiger partial charge in [-0.3, -0.25) is 9.59 Å². The maximum atomic E-state index is 12.3. The summed E-state index contributed by atoms with van der Waals surface area (Å²) >= 11 is 0. The van der Waals surface area contributed by atoms with Crippen molar-refractivity contribution in [2.45, 2.75) is 19.4 Å². The molecule has 0 saturated heterocycles. The molecular weight excluding hydrogens is 346 g/mol. The topological polar surface area (TPSA) is 73.9 Å². The molecule has 0 fully saturated rings. The van der Waals surface area contributed by atoms with Crippen molar-refractivity contribution < 1.29 is 23.8 Å². The molecular formula is C21H21NO5. The zero-order valence-electron chi connectivity index (χ0n) is 15.2. The van der Waals surface area contributed by atoms with Gasteiger partial charge in [0.15, 0.2) is 11.5 Å². The highest BCUT2D eigenvalue weighted by Gasteiger charge is 2.21. The molecule has 0 bridgehead atoms. The second kappa shape index (κ2) is 8.40. The summed E-state index contributed by atoms with van der Waals surface area (Å²) in [5.74, 6) is 0.952. The van der Waals surface area contributed by atoms with E-state index in [0.29, 0.717) is 18.1 Å². The van der Waals surface area contributed by atoms with Gasteiger partial charge in [-0.05, 0) is 29.8 Å². The van der Waals surface area contributed by atoms with Crippen LogP contribution in [0.15, 0.2) is 48.5 Å². The summed E-state index contributed by atoms with van der Waals surface area (Å²) in [4.78, 5) is 23.4. The Kier molecular flexibility index (Phi) is 5.76. The SMILES string of the molecule is COc1cc(/C=C/C(=O)NC2CCOc3ccccc32)ccc1OC(C)=O. The van der Waals surface area contributed by atoms with E-state index in [1.807, 2.05) is 24.3 Å². The highest BCUT2D eigenvalue weighted by Crippen LogP contribution is 2.31. The van der Waals surface area contributed by atoms with E-state index in [2.05, 4.69) is 5.32 Å². The van der Waals surface area contributed by atoms with Gasteiger partial charge in [-0.2, -0.15) is 0 Å². The number of esters is 1. The van der Waals surface area contributed by atoms with Crippen LogP contribution in [0.2, 0.25) is 0 Å². The number of methoxy groups -OCH3 is 1. The molecule has 1 amide bonds. The van der Waals surface area contributed by atoms with Gasteiger partial charge in [0, 0.05) is 25.0 Å². The van der Waals surface area contributed by atoms with Crippen LogP contribution >= 0.6 is 0 Å². The third-order valence-electron chi connectivity index (χ3n) is 4.14. The van der Waals surface area contributed by atoms with Crippen molar-refractivity contribution >= 4 is 18.0 Å².